The second kappa shape index (κ2) is 11.4. The van der Waals surface area contributed by atoms with Crippen LogP contribution in [-0.4, -0.2) is 28.5 Å². The maximum Gasteiger partial charge on any atom is 0.240 e. The highest BCUT2D eigenvalue weighted by Gasteiger charge is 2.24. The van der Waals surface area contributed by atoms with Gasteiger partial charge in [-0.05, 0) is 53.6 Å². The van der Waals surface area contributed by atoms with Crippen LogP contribution in [0, 0.1) is 0 Å². The van der Waals surface area contributed by atoms with E-state index in [-0.39, 0.29) is 0 Å². The first kappa shape index (κ1) is 30.5. The van der Waals surface area contributed by atoms with Crippen molar-refractivity contribution in [3.63, 3.8) is 0 Å². The minimum atomic E-state index is 0.561. The van der Waals surface area contributed by atoms with Crippen LogP contribution in [0.3, 0.4) is 0 Å². The molecule has 5 heterocycles. The molecule has 0 aliphatic rings. The summed E-state index contributed by atoms with van der Waals surface area (Å²) in [5.41, 5.74) is 10.9. The van der Waals surface area contributed by atoms with Crippen LogP contribution in [0.2, 0.25) is 0 Å². The third kappa shape index (κ3) is 4.16. The molecule has 264 valence electrons. The van der Waals surface area contributed by atoms with Crippen molar-refractivity contribution < 1.29 is 0 Å². The monoisotopic (exact) mass is 726 g/mol. The summed E-state index contributed by atoms with van der Waals surface area (Å²) in [7, 11) is 0. The Morgan fingerprint density at radius 3 is 1.39 bits per heavy atom. The van der Waals surface area contributed by atoms with Gasteiger partial charge in [0.05, 0.1) is 38.6 Å². The van der Waals surface area contributed by atoms with Crippen molar-refractivity contribution in [2.45, 2.75) is 0 Å². The lowest BCUT2D eigenvalue weighted by Gasteiger charge is -2.13. The first-order chi connectivity index (χ1) is 28.3. The molecular formula is C51H30N6. The van der Waals surface area contributed by atoms with Gasteiger partial charge < -0.3 is 4.40 Å². The van der Waals surface area contributed by atoms with Gasteiger partial charge in [-0.15, -0.1) is 0 Å². The van der Waals surface area contributed by atoms with Crippen molar-refractivity contribution >= 4 is 81.7 Å². The van der Waals surface area contributed by atoms with Gasteiger partial charge in [-0.1, -0.05) is 140 Å². The molecule has 8 aromatic carbocycles. The van der Waals surface area contributed by atoms with Crippen molar-refractivity contribution in [2.24, 2.45) is 0 Å². The van der Waals surface area contributed by atoms with Gasteiger partial charge in [0.1, 0.15) is 0 Å². The van der Waals surface area contributed by atoms with Crippen LogP contribution >= 0.6 is 0 Å². The minimum absolute atomic E-state index is 0.561. The summed E-state index contributed by atoms with van der Waals surface area (Å²) < 4.78 is 6.82. The molecule has 57 heavy (non-hydrogen) atoms. The van der Waals surface area contributed by atoms with Gasteiger partial charge in [0.2, 0.25) is 11.9 Å². The van der Waals surface area contributed by atoms with E-state index >= 15 is 0 Å². The molecule has 0 saturated carbocycles. The van der Waals surface area contributed by atoms with Gasteiger partial charge in [0.15, 0.2) is 5.82 Å². The van der Waals surface area contributed by atoms with Crippen molar-refractivity contribution in [2.75, 3.05) is 0 Å². The topological polar surface area (TPSA) is 52.9 Å². The molecule has 6 nitrogen and oxygen atoms in total. The summed E-state index contributed by atoms with van der Waals surface area (Å²) in [6, 6.07) is 64.7. The van der Waals surface area contributed by atoms with Crippen molar-refractivity contribution in [3.8, 4) is 34.4 Å². The van der Waals surface area contributed by atoms with E-state index in [1.54, 1.807) is 0 Å². The van der Waals surface area contributed by atoms with Crippen LogP contribution in [0.15, 0.2) is 182 Å². The van der Waals surface area contributed by atoms with Gasteiger partial charge in [-0.25, -0.2) is 0 Å². The highest BCUT2D eigenvalue weighted by atomic mass is 15.3. The molecule has 0 aliphatic carbocycles. The predicted octanol–water partition coefficient (Wildman–Crippen LogP) is 12.5. The first-order valence-electron chi connectivity index (χ1n) is 19.3. The number of para-hydroxylation sites is 6. The molecule has 0 saturated heterocycles. The lowest BCUT2D eigenvalue weighted by atomic mass is 10.0. The number of hydrogen-bond acceptors (Lipinski definition) is 3. The zero-order chi connectivity index (χ0) is 37.2. The summed E-state index contributed by atoms with van der Waals surface area (Å²) >= 11 is 0. The summed E-state index contributed by atoms with van der Waals surface area (Å²) in [6.07, 6.45) is 0. The van der Waals surface area contributed by atoms with Crippen LogP contribution in [0.1, 0.15) is 0 Å². The van der Waals surface area contributed by atoms with E-state index in [9.17, 15) is 0 Å². The molecule has 0 radical (unpaired) electrons. The summed E-state index contributed by atoms with van der Waals surface area (Å²) in [6.45, 7) is 0. The maximum atomic E-state index is 5.48. The number of fused-ring (bicyclic) bond motifs is 12. The van der Waals surface area contributed by atoms with Crippen molar-refractivity contribution in [3.05, 3.63) is 182 Å². The molecule has 0 fully saturated rings. The third-order valence-corrected chi connectivity index (χ3v) is 11.9. The summed E-state index contributed by atoms with van der Waals surface area (Å²) in [5.74, 6) is 1.74. The standard InChI is InChI=1S/C51H30N6/c1-2-14-31(15-3-1)32-28-29-46-41(30-32)36-19-7-10-26-44(36)56(46)51-53-49(52-50(54-51)55-42-24-8-4-16-33(42)34-17-5-9-25-43(34)55)40-23-13-22-39-38-21-12-20-37-35-18-6-11-27-45(35)57(47(37)38)48(39)40/h1-30H. The highest BCUT2D eigenvalue weighted by Crippen LogP contribution is 2.42. The van der Waals surface area contributed by atoms with Crippen molar-refractivity contribution in [1.29, 1.82) is 0 Å². The van der Waals surface area contributed by atoms with Crippen LogP contribution in [0.5, 0.6) is 0 Å². The van der Waals surface area contributed by atoms with E-state index < -0.39 is 0 Å². The molecule has 0 unspecified atom stereocenters. The predicted molar refractivity (Wildman–Crippen MR) is 234 cm³/mol. The zero-order valence-electron chi connectivity index (χ0n) is 30.5. The number of hydrogen-bond donors (Lipinski definition) is 0. The van der Waals surface area contributed by atoms with E-state index in [2.05, 4.69) is 196 Å². The molecule has 5 aromatic heterocycles. The Balaban J connectivity index is 1.17. The minimum Gasteiger partial charge on any atom is -0.307 e. The summed E-state index contributed by atoms with van der Waals surface area (Å²) in [5, 5.41) is 9.45. The second-order valence-electron chi connectivity index (χ2n) is 14.8. The Kier molecular flexibility index (Phi) is 6.07. The lowest BCUT2D eigenvalue weighted by Crippen LogP contribution is -2.10. The molecule has 13 rings (SSSR count). The Bertz CT molecular complexity index is 3700. The Hall–Kier alpha value is -7.83. The average molecular weight is 727 g/mol. The Labute approximate surface area is 325 Å². The van der Waals surface area contributed by atoms with Gasteiger partial charge >= 0.3 is 0 Å². The number of aromatic nitrogens is 6. The molecule has 0 N–H and O–H groups in total. The number of rotatable bonds is 4. The Morgan fingerprint density at radius 2 is 0.754 bits per heavy atom. The number of benzene rings is 8. The van der Waals surface area contributed by atoms with Gasteiger partial charge in [0, 0.05) is 48.7 Å². The van der Waals surface area contributed by atoms with E-state index in [0.717, 1.165) is 60.3 Å². The van der Waals surface area contributed by atoms with Gasteiger partial charge in [-0.3, -0.25) is 9.13 Å². The maximum absolute atomic E-state index is 5.48. The fraction of sp³-hybridized carbons (Fsp3) is 0. The fourth-order valence-corrected chi connectivity index (χ4v) is 9.46. The normalized spacial score (nSPS) is 12.2. The smallest absolute Gasteiger partial charge is 0.240 e. The Morgan fingerprint density at radius 1 is 0.298 bits per heavy atom. The van der Waals surface area contributed by atoms with Crippen LogP contribution in [0.4, 0.5) is 0 Å². The molecule has 6 heteroatoms. The van der Waals surface area contributed by atoms with Crippen LogP contribution < -0.4 is 0 Å². The van der Waals surface area contributed by atoms with Gasteiger partial charge in [0.25, 0.3) is 0 Å². The lowest BCUT2D eigenvalue weighted by molar-refractivity contribution is 0.893. The third-order valence-electron chi connectivity index (χ3n) is 11.9. The molecule has 0 bridgehead atoms. The quantitative estimate of drug-likeness (QED) is 0.181. The highest BCUT2D eigenvalue weighted by molar-refractivity contribution is 6.25. The second-order valence-corrected chi connectivity index (χ2v) is 14.8. The fourth-order valence-electron chi connectivity index (χ4n) is 9.46. The zero-order valence-corrected chi connectivity index (χ0v) is 30.5. The average Bonchev–Trinajstić information content (AvgIpc) is 4.01. The molecule has 0 atom stereocenters. The molecule has 0 aliphatic heterocycles. The SMILES string of the molecule is c1ccc(-c2ccc3c(c2)c2ccccc2n3-c2nc(-c3cccc4c5cccc6c7ccccc7n(c34)c65)nc(-n3c4ccccc4c4ccccc43)n2)cc1. The first-order valence-corrected chi connectivity index (χ1v) is 19.3. The molecule has 0 amide bonds. The largest absolute Gasteiger partial charge is 0.307 e. The molecule has 0 spiro atoms. The molecule has 13 aromatic rings. The van der Waals surface area contributed by atoms with E-state index in [0.29, 0.717) is 17.7 Å². The number of nitrogens with zero attached hydrogens (tertiary/aromatic N) is 6. The van der Waals surface area contributed by atoms with Crippen molar-refractivity contribution in [1.82, 2.24) is 28.5 Å². The van der Waals surface area contributed by atoms with E-state index in [4.69, 9.17) is 15.0 Å². The van der Waals surface area contributed by atoms with E-state index in [1.807, 2.05) is 0 Å². The summed E-state index contributed by atoms with van der Waals surface area (Å²) in [4.78, 5) is 16.4. The molecular weight excluding hydrogens is 697 g/mol. The van der Waals surface area contributed by atoms with Gasteiger partial charge in [-0.2, -0.15) is 15.0 Å². The van der Waals surface area contributed by atoms with E-state index in [1.165, 1.54) is 38.1 Å². The van der Waals surface area contributed by atoms with Crippen LogP contribution in [-0.2, 0) is 0 Å². The van der Waals surface area contributed by atoms with Crippen LogP contribution in [0.25, 0.3) is 116 Å².